The summed E-state index contributed by atoms with van der Waals surface area (Å²) >= 11 is 1.66. The van der Waals surface area contributed by atoms with Crippen LogP contribution in [0.3, 0.4) is 0 Å². The lowest BCUT2D eigenvalue weighted by atomic mass is 9.93. The number of carboxylic acids is 1. The van der Waals surface area contributed by atoms with Crippen LogP contribution in [0, 0.1) is 12.8 Å². The first kappa shape index (κ1) is 9.68. The summed E-state index contributed by atoms with van der Waals surface area (Å²) in [7, 11) is 0. The highest BCUT2D eigenvalue weighted by atomic mass is 32.1. The molecule has 1 aromatic rings. The Bertz CT molecular complexity index is 348. The fourth-order valence-corrected chi connectivity index (χ4v) is 3.07. The van der Waals surface area contributed by atoms with Crippen molar-refractivity contribution in [3.8, 4) is 0 Å². The van der Waals surface area contributed by atoms with E-state index in [9.17, 15) is 4.79 Å². The van der Waals surface area contributed by atoms with Gasteiger partial charge in [-0.05, 0) is 23.9 Å². The molecule has 1 aliphatic rings. The minimum absolute atomic E-state index is 0.160. The van der Waals surface area contributed by atoms with E-state index in [0.717, 1.165) is 6.54 Å². The minimum atomic E-state index is -0.687. The summed E-state index contributed by atoms with van der Waals surface area (Å²) in [4.78, 5) is 12.2. The highest BCUT2D eigenvalue weighted by molar-refractivity contribution is 7.10. The Morgan fingerprint density at radius 2 is 2.43 bits per heavy atom. The molecule has 14 heavy (non-hydrogen) atoms. The van der Waals surface area contributed by atoms with Gasteiger partial charge in [-0.25, -0.2) is 0 Å². The maximum atomic E-state index is 11.0. The zero-order valence-corrected chi connectivity index (χ0v) is 8.80. The van der Waals surface area contributed by atoms with E-state index in [4.69, 9.17) is 5.11 Å². The van der Waals surface area contributed by atoms with Gasteiger partial charge in [0.05, 0.1) is 5.92 Å². The van der Waals surface area contributed by atoms with Crippen molar-refractivity contribution >= 4 is 17.3 Å². The molecule has 1 saturated heterocycles. The standard InChI is InChI=1S/C10H13NO2S/c1-6-2-3-14-9(6)7-4-11-5-8(7)10(12)13/h2-3,7-8,11H,4-5H2,1H3,(H,12,13)/t7-,8-/m1/s1. The van der Waals surface area contributed by atoms with Crippen molar-refractivity contribution in [2.24, 2.45) is 5.92 Å². The second-order valence-corrected chi connectivity index (χ2v) is 4.63. The molecule has 0 bridgehead atoms. The summed E-state index contributed by atoms with van der Waals surface area (Å²) in [6.45, 7) is 3.43. The van der Waals surface area contributed by atoms with E-state index in [2.05, 4.69) is 11.4 Å². The van der Waals surface area contributed by atoms with Crippen molar-refractivity contribution in [3.63, 3.8) is 0 Å². The van der Waals surface area contributed by atoms with E-state index >= 15 is 0 Å². The molecule has 3 nitrogen and oxygen atoms in total. The number of carboxylic acid groups (broad SMARTS) is 1. The van der Waals surface area contributed by atoms with Gasteiger partial charge in [0.2, 0.25) is 0 Å². The van der Waals surface area contributed by atoms with Crippen molar-refractivity contribution in [1.29, 1.82) is 0 Å². The first-order valence-electron chi connectivity index (χ1n) is 4.67. The quantitative estimate of drug-likeness (QED) is 0.778. The number of thiophene rings is 1. The second kappa shape index (κ2) is 3.71. The van der Waals surface area contributed by atoms with Crippen molar-refractivity contribution in [2.45, 2.75) is 12.8 Å². The molecule has 0 radical (unpaired) electrons. The van der Waals surface area contributed by atoms with Crippen molar-refractivity contribution in [3.05, 3.63) is 21.9 Å². The number of hydrogen-bond donors (Lipinski definition) is 2. The summed E-state index contributed by atoms with van der Waals surface area (Å²) in [6, 6.07) is 2.05. The summed E-state index contributed by atoms with van der Waals surface area (Å²) in [5.41, 5.74) is 1.22. The first-order chi connectivity index (χ1) is 6.70. The van der Waals surface area contributed by atoms with Crippen LogP contribution < -0.4 is 5.32 Å². The molecule has 4 heteroatoms. The first-order valence-corrected chi connectivity index (χ1v) is 5.55. The van der Waals surface area contributed by atoms with E-state index in [1.807, 2.05) is 12.3 Å². The highest BCUT2D eigenvalue weighted by Gasteiger charge is 2.35. The molecule has 0 spiro atoms. The van der Waals surface area contributed by atoms with Crippen molar-refractivity contribution in [1.82, 2.24) is 5.32 Å². The normalized spacial score (nSPS) is 26.6. The van der Waals surface area contributed by atoms with Gasteiger partial charge in [0, 0.05) is 23.9 Å². The smallest absolute Gasteiger partial charge is 0.308 e. The lowest BCUT2D eigenvalue weighted by Crippen LogP contribution is -2.20. The molecule has 2 N–H and O–H groups in total. The zero-order chi connectivity index (χ0) is 10.1. The van der Waals surface area contributed by atoms with Crippen LogP contribution in [0.5, 0.6) is 0 Å². The molecule has 1 aliphatic heterocycles. The molecular weight excluding hydrogens is 198 g/mol. The average molecular weight is 211 g/mol. The summed E-state index contributed by atoms with van der Waals surface area (Å²) < 4.78 is 0. The van der Waals surface area contributed by atoms with Crippen LogP contribution in [0.25, 0.3) is 0 Å². The number of aliphatic carboxylic acids is 1. The third-order valence-electron chi connectivity index (χ3n) is 2.77. The summed E-state index contributed by atoms with van der Waals surface area (Å²) in [5, 5.41) is 14.2. The zero-order valence-electron chi connectivity index (χ0n) is 7.99. The van der Waals surface area contributed by atoms with Crippen LogP contribution in [0.1, 0.15) is 16.4 Å². The maximum Gasteiger partial charge on any atom is 0.308 e. The molecule has 0 saturated carbocycles. The third-order valence-corrected chi connectivity index (χ3v) is 3.92. The Morgan fingerprint density at radius 3 is 3.00 bits per heavy atom. The monoisotopic (exact) mass is 211 g/mol. The van der Waals surface area contributed by atoms with Gasteiger partial charge in [0.25, 0.3) is 0 Å². The van der Waals surface area contributed by atoms with Crippen molar-refractivity contribution < 1.29 is 9.90 Å². The number of nitrogens with one attached hydrogen (secondary N) is 1. The maximum absolute atomic E-state index is 11.0. The largest absolute Gasteiger partial charge is 0.481 e. The Morgan fingerprint density at radius 1 is 1.64 bits per heavy atom. The van der Waals surface area contributed by atoms with Crippen LogP contribution in [-0.4, -0.2) is 24.2 Å². The predicted molar refractivity (Wildman–Crippen MR) is 55.8 cm³/mol. The second-order valence-electron chi connectivity index (χ2n) is 3.68. The molecule has 0 amide bonds. The molecular formula is C10H13NO2S. The lowest BCUT2D eigenvalue weighted by molar-refractivity contribution is -0.141. The number of aryl methyl sites for hydroxylation is 1. The topological polar surface area (TPSA) is 49.3 Å². The number of hydrogen-bond acceptors (Lipinski definition) is 3. The SMILES string of the molecule is Cc1ccsc1[C@@H]1CNC[C@H]1C(=O)O. The Kier molecular flexibility index (Phi) is 2.56. The van der Waals surface area contributed by atoms with Gasteiger partial charge in [-0.3, -0.25) is 4.79 Å². The summed E-state index contributed by atoms with van der Waals surface area (Å²) in [6.07, 6.45) is 0. The molecule has 2 rings (SSSR count). The molecule has 76 valence electrons. The van der Waals surface area contributed by atoms with E-state index in [1.165, 1.54) is 10.4 Å². The molecule has 2 heterocycles. The Hall–Kier alpha value is -0.870. The van der Waals surface area contributed by atoms with Gasteiger partial charge in [-0.15, -0.1) is 11.3 Å². The van der Waals surface area contributed by atoms with Crippen molar-refractivity contribution in [2.75, 3.05) is 13.1 Å². The Labute approximate surface area is 86.8 Å². The minimum Gasteiger partial charge on any atom is -0.481 e. The predicted octanol–water partition coefficient (Wildman–Crippen LogP) is 1.44. The molecule has 1 fully saturated rings. The van der Waals surface area contributed by atoms with Crippen LogP contribution in [0.15, 0.2) is 11.4 Å². The van der Waals surface area contributed by atoms with Gasteiger partial charge < -0.3 is 10.4 Å². The van der Waals surface area contributed by atoms with Crippen LogP contribution in [0.2, 0.25) is 0 Å². The molecule has 2 atom stereocenters. The van der Waals surface area contributed by atoms with Gasteiger partial charge >= 0.3 is 5.97 Å². The van der Waals surface area contributed by atoms with Crippen LogP contribution >= 0.6 is 11.3 Å². The molecule has 0 unspecified atom stereocenters. The molecule has 0 aromatic carbocycles. The molecule has 1 aromatic heterocycles. The fourth-order valence-electron chi connectivity index (χ4n) is 1.98. The number of rotatable bonds is 2. The van der Waals surface area contributed by atoms with Crippen LogP contribution in [-0.2, 0) is 4.79 Å². The van der Waals surface area contributed by atoms with Gasteiger partial charge in [-0.2, -0.15) is 0 Å². The van der Waals surface area contributed by atoms with E-state index in [0.29, 0.717) is 6.54 Å². The Balaban J connectivity index is 2.26. The lowest BCUT2D eigenvalue weighted by Gasteiger charge is -2.13. The van der Waals surface area contributed by atoms with Gasteiger partial charge in [0.15, 0.2) is 0 Å². The van der Waals surface area contributed by atoms with Crippen LogP contribution in [0.4, 0.5) is 0 Å². The van der Waals surface area contributed by atoms with E-state index < -0.39 is 5.97 Å². The summed E-state index contributed by atoms with van der Waals surface area (Å²) in [5.74, 6) is -0.785. The third kappa shape index (κ3) is 1.55. The average Bonchev–Trinajstić information content (AvgIpc) is 2.70. The van der Waals surface area contributed by atoms with E-state index in [-0.39, 0.29) is 11.8 Å². The van der Waals surface area contributed by atoms with E-state index in [1.54, 1.807) is 11.3 Å². The molecule has 0 aliphatic carbocycles. The van der Waals surface area contributed by atoms with Gasteiger partial charge in [-0.1, -0.05) is 0 Å². The highest BCUT2D eigenvalue weighted by Crippen LogP contribution is 2.33. The number of carbonyl (C=O) groups is 1. The fraction of sp³-hybridized carbons (Fsp3) is 0.500. The van der Waals surface area contributed by atoms with Gasteiger partial charge in [0.1, 0.15) is 0 Å².